The van der Waals surface area contributed by atoms with E-state index in [1.54, 1.807) is 29.4 Å². The summed E-state index contributed by atoms with van der Waals surface area (Å²) in [5, 5.41) is 2.89. The molecule has 1 atom stereocenters. The van der Waals surface area contributed by atoms with E-state index in [2.05, 4.69) is 10.3 Å². The van der Waals surface area contributed by atoms with Gasteiger partial charge < -0.3 is 24.4 Å². The van der Waals surface area contributed by atoms with Gasteiger partial charge in [-0.05, 0) is 23.8 Å². The highest BCUT2D eigenvalue weighted by Crippen LogP contribution is 2.39. The van der Waals surface area contributed by atoms with Crippen LogP contribution >= 0.6 is 11.8 Å². The Kier molecular flexibility index (Phi) is 6.82. The van der Waals surface area contributed by atoms with Crippen LogP contribution in [0.4, 0.5) is 0 Å². The molecule has 3 rings (SSSR count). The molecular weight excluding hydrogens is 394 g/mol. The molecule has 2 amide bonds. The Labute approximate surface area is 173 Å². The highest BCUT2D eigenvalue weighted by molar-refractivity contribution is 7.99. The molecule has 0 saturated carbocycles. The predicted molar refractivity (Wildman–Crippen MR) is 109 cm³/mol. The topological polar surface area (TPSA) is 90.0 Å². The molecule has 9 heteroatoms. The van der Waals surface area contributed by atoms with E-state index in [1.807, 2.05) is 12.1 Å². The van der Waals surface area contributed by atoms with E-state index in [9.17, 15) is 9.59 Å². The molecule has 1 saturated heterocycles. The quantitative estimate of drug-likeness (QED) is 0.736. The first-order valence-corrected chi connectivity index (χ1v) is 10.1. The minimum atomic E-state index is -0.553. The van der Waals surface area contributed by atoms with Crippen LogP contribution in [-0.4, -0.2) is 60.7 Å². The van der Waals surface area contributed by atoms with Crippen molar-refractivity contribution in [2.45, 2.75) is 12.6 Å². The number of rotatable bonds is 7. The van der Waals surface area contributed by atoms with Gasteiger partial charge in [0, 0.05) is 30.3 Å². The van der Waals surface area contributed by atoms with Gasteiger partial charge in [0.05, 0.1) is 27.2 Å². The Morgan fingerprint density at radius 2 is 1.93 bits per heavy atom. The van der Waals surface area contributed by atoms with Gasteiger partial charge in [-0.25, -0.2) is 0 Å². The number of nitrogens with zero attached hydrogens (tertiary/aromatic N) is 2. The Balaban J connectivity index is 1.76. The molecule has 2 aromatic rings. The van der Waals surface area contributed by atoms with Crippen molar-refractivity contribution < 1.29 is 23.8 Å². The lowest BCUT2D eigenvalue weighted by atomic mass is 10.1. The fraction of sp³-hybridized carbons (Fsp3) is 0.350. The molecule has 0 radical (unpaired) electrons. The van der Waals surface area contributed by atoms with E-state index in [1.165, 1.54) is 33.1 Å². The monoisotopic (exact) mass is 417 g/mol. The van der Waals surface area contributed by atoms with Crippen LogP contribution in [0.2, 0.25) is 0 Å². The van der Waals surface area contributed by atoms with E-state index < -0.39 is 6.04 Å². The van der Waals surface area contributed by atoms with Crippen molar-refractivity contribution in [1.29, 1.82) is 0 Å². The van der Waals surface area contributed by atoms with E-state index in [0.717, 1.165) is 5.56 Å². The number of methoxy groups -OCH3 is 3. The summed E-state index contributed by atoms with van der Waals surface area (Å²) in [6, 6.07) is 6.33. The van der Waals surface area contributed by atoms with Gasteiger partial charge in [0.2, 0.25) is 11.7 Å². The molecule has 0 aliphatic carbocycles. The smallest absolute Gasteiger partial charge is 0.255 e. The van der Waals surface area contributed by atoms with Crippen molar-refractivity contribution in [3.8, 4) is 17.2 Å². The SMILES string of the molecule is COc1cc(C(=O)N2CSC[C@H]2C(=O)NCc2cccnc2)cc(OC)c1OC. The zero-order valence-corrected chi connectivity index (χ0v) is 17.3. The lowest BCUT2D eigenvalue weighted by Crippen LogP contribution is -2.47. The number of hydrogen-bond acceptors (Lipinski definition) is 7. The van der Waals surface area contributed by atoms with Crippen LogP contribution in [0.1, 0.15) is 15.9 Å². The maximum Gasteiger partial charge on any atom is 0.255 e. The lowest BCUT2D eigenvalue weighted by molar-refractivity contribution is -0.124. The van der Waals surface area contributed by atoms with Gasteiger partial charge in [-0.3, -0.25) is 14.6 Å². The molecule has 1 aliphatic rings. The molecule has 0 spiro atoms. The number of amides is 2. The molecule has 154 valence electrons. The zero-order chi connectivity index (χ0) is 20.8. The average molecular weight is 417 g/mol. The second-order valence-corrected chi connectivity index (χ2v) is 7.28. The highest BCUT2D eigenvalue weighted by atomic mass is 32.2. The normalized spacial score (nSPS) is 15.7. The maximum absolute atomic E-state index is 13.1. The molecule has 1 N–H and O–H groups in total. The third kappa shape index (κ3) is 4.56. The Morgan fingerprint density at radius 3 is 2.52 bits per heavy atom. The number of thioether (sulfide) groups is 1. The van der Waals surface area contributed by atoms with Crippen LogP contribution in [0.15, 0.2) is 36.7 Å². The van der Waals surface area contributed by atoms with Gasteiger partial charge in [-0.15, -0.1) is 11.8 Å². The summed E-state index contributed by atoms with van der Waals surface area (Å²) in [5.74, 6) is 1.69. The third-order valence-electron chi connectivity index (χ3n) is 4.55. The minimum absolute atomic E-state index is 0.195. The first kappa shape index (κ1) is 20.8. The Bertz CT molecular complexity index is 853. The van der Waals surface area contributed by atoms with Gasteiger partial charge >= 0.3 is 0 Å². The molecule has 1 aliphatic heterocycles. The number of carbonyl (C=O) groups is 2. The summed E-state index contributed by atoms with van der Waals surface area (Å²) >= 11 is 1.54. The highest BCUT2D eigenvalue weighted by Gasteiger charge is 2.35. The molecule has 1 aromatic carbocycles. The summed E-state index contributed by atoms with van der Waals surface area (Å²) in [5.41, 5.74) is 1.26. The number of aromatic nitrogens is 1. The number of ether oxygens (including phenoxy) is 3. The van der Waals surface area contributed by atoms with Crippen molar-refractivity contribution in [2.24, 2.45) is 0 Å². The average Bonchev–Trinajstić information content (AvgIpc) is 3.26. The van der Waals surface area contributed by atoms with Gasteiger partial charge in [-0.2, -0.15) is 0 Å². The predicted octanol–water partition coefficient (Wildman–Crippen LogP) is 1.94. The second kappa shape index (κ2) is 9.51. The number of carbonyl (C=O) groups excluding carboxylic acids is 2. The van der Waals surface area contributed by atoms with Crippen LogP contribution in [-0.2, 0) is 11.3 Å². The molecule has 1 aromatic heterocycles. The molecule has 2 heterocycles. The van der Waals surface area contributed by atoms with E-state index in [0.29, 0.717) is 41.0 Å². The van der Waals surface area contributed by atoms with Crippen LogP contribution in [0.3, 0.4) is 0 Å². The summed E-state index contributed by atoms with van der Waals surface area (Å²) in [6.07, 6.45) is 3.37. The zero-order valence-electron chi connectivity index (χ0n) is 16.5. The first-order chi connectivity index (χ1) is 14.1. The summed E-state index contributed by atoms with van der Waals surface area (Å²) in [4.78, 5) is 31.4. The third-order valence-corrected chi connectivity index (χ3v) is 5.56. The van der Waals surface area contributed by atoms with Crippen molar-refractivity contribution in [3.05, 3.63) is 47.8 Å². The standard InChI is InChI=1S/C20H23N3O5S/c1-26-16-7-14(8-17(27-2)18(16)28-3)20(25)23-12-29-11-15(23)19(24)22-10-13-5-4-6-21-9-13/h4-9,15H,10-12H2,1-3H3,(H,22,24)/t15-/m0/s1. The fourth-order valence-electron chi connectivity index (χ4n) is 3.04. The minimum Gasteiger partial charge on any atom is -0.493 e. The Morgan fingerprint density at radius 1 is 1.21 bits per heavy atom. The molecule has 1 fully saturated rings. The number of pyridine rings is 1. The molecule has 29 heavy (non-hydrogen) atoms. The van der Waals surface area contributed by atoms with Crippen LogP contribution in [0.5, 0.6) is 17.2 Å². The molecule has 0 unspecified atom stereocenters. The van der Waals surface area contributed by atoms with Gasteiger partial charge in [0.25, 0.3) is 5.91 Å². The number of nitrogens with one attached hydrogen (secondary N) is 1. The van der Waals surface area contributed by atoms with Crippen LogP contribution in [0.25, 0.3) is 0 Å². The number of benzene rings is 1. The molecule has 8 nitrogen and oxygen atoms in total. The van der Waals surface area contributed by atoms with Gasteiger partial charge in [0.15, 0.2) is 11.5 Å². The van der Waals surface area contributed by atoms with E-state index in [4.69, 9.17) is 14.2 Å². The van der Waals surface area contributed by atoms with Gasteiger partial charge in [0.1, 0.15) is 6.04 Å². The van der Waals surface area contributed by atoms with Crippen LogP contribution < -0.4 is 19.5 Å². The van der Waals surface area contributed by atoms with Crippen molar-refractivity contribution in [1.82, 2.24) is 15.2 Å². The molecule has 0 bridgehead atoms. The van der Waals surface area contributed by atoms with Crippen molar-refractivity contribution >= 4 is 23.6 Å². The lowest BCUT2D eigenvalue weighted by Gasteiger charge is -2.24. The summed E-state index contributed by atoms with van der Waals surface area (Å²) < 4.78 is 16.0. The summed E-state index contributed by atoms with van der Waals surface area (Å²) in [6.45, 7) is 0.361. The second-order valence-electron chi connectivity index (χ2n) is 6.28. The fourth-order valence-corrected chi connectivity index (χ4v) is 4.19. The van der Waals surface area contributed by atoms with Gasteiger partial charge in [-0.1, -0.05) is 6.07 Å². The van der Waals surface area contributed by atoms with Crippen molar-refractivity contribution in [2.75, 3.05) is 33.0 Å². The maximum atomic E-state index is 13.1. The van der Waals surface area contributed by atoms with Crippen LogP contribution in [0, 0.1) is 0 Å². The Hall–Kier alpha value is -2.94. The number of hydrogen-bond donors (Lipinski definition) is 1. The largest absolute Gasteiger partial charge is 0.493 e. The first-order valence-electron chi connectivity index (χ1n) is 8.94. The summed E-state index contributed by atoms with van der Waals surface area (Å²) in [7, 11) is 4.49. The van der Waals surface area contributed by atoms with E-state index in [-0.39, 0.29) is 11.8 Å². The van der Waals surface area contributed by atoms with Crippen molar-refractivity contribution in [3.63, 3.8) is 0 Å². The molecular formula is C20H23N3O5S. The van der Waals surface area contributed by atoms with E-state index >= 15 is 0 Å².